The highest BCUT2D eigenvalue weighted by atomic mass is 16.5. The average Bonchev–Trinajstić information content (AvgIpc) is 3.21. The zero-order valence-corrected chi connectivity index (χ0v) is 17.7. The molecule has 164 valence electrons. The van der Waals surface area contributed by atoms with Crippen molar-refractivity contribution in [3.8, 4) is 17.6 Å². The largest absolute Gasteiger partial charge is 0.493 e. The molecule has 0 fully saturated rings. The molecule has 0 saturated carbocycles. The number of carboxylic acids is 1. The Labute approximate surface area is 185 Å². The van der Waals surface area contributed by atoms with Gasteiger partial charge >= 0.3 is 5.97 Å². The third kappa shape index (κ3) is 5.26. The highest BCUT2D eigenvalue weighted by Crippen LogP contribution is 2.30. The highest BCUT2D eigenvalue weighted by Gasteiger charge is 2.16. The molecular weight excluding hydrogens is 410 g/mol. The summed E-state index contributed by atoms with van der Waals surface area (Å²) in [4.78, 5) is 26.7. The summed E-state index contributed by atoms with van der Waals surface area (Å²) in [5, 5.41) is 22.3. The number of aromatic nitrogens is 1. The molecule has 3 rings (SSSR count). The first-order chi connectivity index (χ1) is 15.4. The molecule has 2 aromatic carbocycles. The Hall–Kier alpha value is -4.25. The number of carboxylic acid groups (broad SMARTS) is 1. The molecule has 1 atom stereocenters. The van der Waals surface area contributed by atoms with Gasteiger partial charge in [0.1, 0.15) is 11.6 Å². The predicted molar refractivity (Wildman–Crippen MR) is 119 cm³/mol. The van der Waals surface area contributed by atoms with Gasteiger partial charge in [-0.15, -0.1) is 0 Å². The van der Waals surface area contributed by atoms with Gasteiger partial charge in [-0.25, -0.2) is 4.79 Å². The Bertz CT molecular complexity index is 1210. The van der Waals surface area contributed by atoms with Crippen molar-refractivity contribution in [2.75, 3.05) is 13.7 Å². The van der Waals surface area contributed by atoms with Crippen LogP contribution in [0.15, 0.2) is 54.2 Å². The number of para-hydroxylation sites is 1. The van der Waals surface area contributed by atoms with E-state index in [4.69, 9.17) is 14.6 Å². The number of nitrogens with one attached hydrogen (secondary N) is 2. The molecule has 8 nitrogen and oxygen atoms in total. The minimum atomic E-state index is -1.10. The first-order valence-corrected chi connectivity index (χ1v) is 9.95. The number of carbonyl (C=O) groups excluding carboxylic acids is 1. The Morgan fingerprint density at radius 2 is 2.03 bits per heavy atom. The molecule has 0 aliphatic heterocycles. The average molecular weight is 433 g/mol. The van der Waals surface area contributed by atoms with Gasteiger partial charge in [0, 0.05) is 23.6 Å². The summed E-state index contributed by atoms with van der Waals surface area (Å²) in [6.45, 7) is 1.78. The van der Waals surface area contributed by atoms with Crippen LogP contribution in [0, 0.1) is 11.3 Å². The van der Waals surface area contributed by atoms with E-state index in [1.807, 2.05) is 36.5 Å². The van der Waals surface area contributed by atoms with E-state index in [2.05, 4.69) is 10.3 Å². The molecule has 0 spiro atoms. The van der Waals surface area contributed by atoms with Crippen molar-refractivity contribution in [1.82, 2.24) is 10.3 Å². The second kappa shape index (κ2) is 10.2. The van der Waals surface area contributed by atoms with Crippen molar-refractivity contribution in [3.63, 3.8) is 0 Å². The first-order valence-electron chi connectivity index (χ1n) is 9.95. The van der Waals surface area contributed by atoms with Crippen LogP contribution in [0.3, 0.4) is 0 Å². The number of hydrogen-bond acceptors (Lipinski definition) is 5. The normalized spacial score (nSPS) is 12.1. The number of methoxy groups -OCH3 is 1. The van der Waals surface area contributed by atoms with Crippen molar-refractivity contribution in [1.29, 1.82) is 5.26 Å². The van der Waals surface area contributed by atoms with E-state index >= 15 is 0 Å². The van der Waals surface area contributed by atoms with E-state index in [0.717, 1.165) is 16.5 Å². The lowest BCUT2D eigenvalue weighted by molar-refractivity contribution is -0.144. The van der Waals surface area contributed by atoms with Crippen molar-refractivity contribution in [3.05, 3.63) is 65.4 Å². The maximum absolute atomic E-state index is 12.5. The summed E-state index contributed by atoms with van der Waals surface area (Å²) < 4.78 is 10.6. The quantitative estimate of drug-likeness (QED) is 0.351. The lowest BCUT2D eigenvalue weighted by Crippen LogP contribution is -2.26. The molecule has 0 unspecified atom stereocenters. The topological polar surface area (TPSA) is 124 Å². The minimum absolute atomic E-state index is 0.0569. The standard InChI is InChI=1S/C24H23N3O5/c1-15(24(29)30)32-21-8-7-16(12-22(21)31-2)11-18(13-25)23(28)26-10-9-17-14-27-20-6-4-3-5-19(17)20/h3-8,11-12,14-15,27H,9-10H2,1-2H3,(H,26,28)(H,29,30)/b18-11-/t15-/m0/s1. The van der Waals surface area contributed by atoms with Crippen molar-refractivity contribution < 1.29 is 24.2 Å². The van der Waals surface area contributed by atoms with E-state index < -0.39 is 18.0 Å². The molecule has 0 aliphatic rings. The molecule has 3 aromatic rings. The molecule has 32 heavy (non-hydrogen) atoms. The predicted octanol–water partition coefficient (Wildman–Crippen LogP) is 3.29. The zero-order valence-electron chi connectivity index (χ0n) is 17.7. The van der Waals surface area contributed by atoms with Gasteiger partial charge in [-0.1, -0.05) is 24.3 Å². The van der Waals surface area contributed by atoms with Crippen LogP contribution < -0.4 is 14.8 Å². The van der Waals surface area contributed by atoms with Crippen LogP contribution in [-0.4, -0.2) is 41.7 Å². The van der Waals surface area contributed by atoms with Gasteiger partial charge in [-0.3, -0.25) is 4.79 Å². The number of benzene rings is 2. The number of nitriles is 1. The SMILES string of the molecule is COc1cc(/C=C(/C#N)C(=O)NCCc2c[nH]c3ccccc23)ccc1O[C@@H](C)C(=O)O. The van der Waals surface area contributed by atoms with E-state index in [1.54, 1.807) is 12.1 Å². The maximum Gasteiger partial charge on any atom is 0.344 e. The summed E-state index contributed by atoms with van der Waals surface area (Å²) in [5.41, 5.74) is 2.60. The molecule has 0 aliphatic carbocycles. The molecule has 1 amide bonds. The van der Waals surface area contributed by atoms with Crippen molar-refractivity contribution in [2.45, 2.75) is 19.4 Å². The third-order valence-electron chi connectivity index (χ3n) is 4.87. The van der Waals surface area contributed by atoms with Crippen LogP contribution in [0.2, 0.25) is 0 Å². The lowest BCUT2D eigenvalue weighted by atomic mass is 10.1. The number of aromatic amines is 1. The molecule has 0 radical (unpaired) electrons. The molecule has 1 aromatic heterocycles. The second-order valence-electron chi connectivity index (χ2n) is 7.04. The van der Waals surface area contributed by atoms with Crippen LogP contribution in [-0.2, 0) is 16.0 Å². The van der Waals surface area contributed by atoms with Crippen molar-refractivity contribution in [2.24, 2.45) is 0 Å². The number of aliphatic carboxylic acids is 1. The van der Waals surface area contributed by atoms with Gasteiger partial charge in [0.25, 0.3) is 5.91 Å². The monoisotopic (exact) mass is 433 g/mol. The van der Waals surface area contributed by atoms with Gasteiger partial charge in [-0.2, -0.15) is 5.26 Å². The van der Waals surface area contributed by atoms with Gasteiger partial charge in [-0.05, 0) is 48.7 Å². The van der Waals surface area contributed by atoms with Crippen LogP contribution >= 0.6 is 0 Å². The molecule has 0 bridgehead atoms. The van der Waals surface area contributed by atoms with Crippen LogP contribution in [0.5, 0.6) is 11.5 Å². The summed E-state index contributed by atoms with van der Waals surface area (Å²) in [6, 6.07) is 14.6. The molecule has 1 heterocycles. The van der Waals surface area contributed by atoms with Gasteiger partial charge in [0.05, 0.1) is 7.11 Å². The zero-order chi connectivity index (χ0) is 23.1. The number of rotatable bonds is 9. The summed E-state index contributed by atoms with van der Waals surface area (Å²) in [7, 11) is 1.42. The molecule has 0 saturated heterocycles. The second-order valence-corrected chi connectivity index (χ2v) is 7.04. The highest BCUT2D eigenvalue weighted by molar-refractivity contribution is 6.01. The van der Waals surface area contributed by atoms with E-state index in [9.17, 15) is 14.9 Å². The van der Waals surface area contributed by atoms with Gasteiger partial charge in [0.2, 0.25) is 0 Å². The van der Waals surface area contributed by atoms with Crippen molar-refractivity contribution >= 4 is 28.9 Å². The Morgan fingerprint density at radius 1 is 1.25 bits per heavy atom. The third-order valence-corrected chi connectivity index (χ3v) is 4.87. The number of fused-ring (bicyclic) bond motifs is 1. The van der Waals surface area contributed by atoms with E-state index in [1.165, 1.54) is 26.2 Å². The van der Waals surface area contributed by atoms with Crippen LogP contribution in [0.1, 0.15) is 18.1 Å². The number of hydrogen-bond donors (Lipinski definition) is 3. The fourth-order valence-corrected chi connectivity index (χ4v) is 3.17. The van der Waals surface area contributed by atoms with Gasteiger partial charge in [0.15, 0.2) is 17.6 Å². The fraction of sp³-hybridized carbons (Fsp3) is 0.208. The maximum atomic E-state index is 12.5. The molecule has 3 N–H and O–H groups in total. The number of carbonyl (C=O) groups is 2. The van der Waals surface area contributed by atoms with Gasteiger partial charge < -0.3 is 24.9 Å². The molecule has 8 heteroatoms. The summed E-state index contributed by atoms with van der Waals surface area (Å²) in [6.07, 6.45) is 2.92. The number of nitrogens with zero attached hydrogens (tertiary/aromatic N) is 1. The lowest BCUT2D eigenvalue weighted by Gasteiger charge is -2.14. The smallest absolute Gasteiger partial charge is 0.344 e. The van der Waals surface area contributed by atoms with Crippen LogP contribution in [0.4, 0.5) is 0 Å². The Balaban J connectivity index is 1.67. The Kier molecular flexibility index (Phi) is 7.13. The fourth-order valence-electron chi connectivity index (χ4n) is 3.17. The molecular formula is C24H23N3O5. The first kappa shape index (κ1) is 22.4. The minimum Gasteiger partial charge on any atom is -0.493 e. The number of H-pyrrole nitrogens is 1. The van der Waals surface area contributed by atoms with Crippen LogP contribution in [0.25, 0.3) is 17.0 Å². The summed E-state index contributed by atoms with van der Waals surface area (Å²) in [5.74, 6) is -1.04. The Morgan fingerprint density at radius 3 is 2.75 bits per heavy atom. The summed E-state index contributed by atoms with van der Waals surface area (Å²) >= 11 is 0. The number of ether oxygens (including phenoxy) is 2. The number of amides is 1. The van der Waals surface area contributed by atoms with E-state index in [-0.39, 0.29) is 11.3 Å². The van der Waals surface area contributed by atoms with E-state index in [0.29, 0.717) is 24.3 Å².